The summed E-state index contributed by atoms with van der Waals surface area (Å²) in [5, 5.41) is 11.0. The van der Waals surface area contributed by atoms with E-state index in [1.165, 1.54) is 23.1 Å². The topological polar surface area (TPSA) is 97.6 Å². The normalized spacial score (nSPS) is 19.8. The summed E-state index contributed by atoms with van der Waals surface area (Å²) in [4.78, 5) is 24.5. The summed E-state index contributed by atoms with van der Waals surface area (Å²) in [6, 6.07) is 3.97. The van der Waals surface area contributed by atoms with Crippen LogP contribution in [0.2, 0.25) is 0 Å². The first-order valence-corrected chi connectivity index (χ1v) is 8.83. The van der Waals surface area contributed by atoms with Crippen molar-refractivity contribution in [1.82, 2.24) is 4.90 Å². The molecular formula is C14H18N2O5S. The average Bonchev–Trinajstić information content (AvgIpc) is 2.79. The van der Waals surface area contributed by atoms with Crippen molar-refractivity contribution in [3.8, 4) is 0 Å². The number of aryl methyl sites for hydroxylation is 1. The molecule has 1 saturated heterocycles. The van der Waals surface area contributed by atoms with Crippen LogP contribution in [0.5, 0.6) is 0 Å². The Morgan fingerprint density at radius 2 is 2.14 bits per heavy atom. The van der Waals surface area contributed by atoms with Crippen molar-refractivity contribution in [2.45, 2.75) is 26.3 Å². The van der Waals surface area contributed by atoms with Gasteiger partial charge < -0.3 is 4.90 Å². The molecule has 1 fully saturated rings. The highest BCUT2D eigenvalue weighted by atomic mass is 32.2. The molecule has 0 aliphatic carbocycles. The molecule has 1 atom stereocenters. The summed E-state index contributed by atoms with van der Waals surface area (Å²) < 4.78 is 23.2. The minimum absolute atomic E-state index is 0.0411. The number of nitro benzene ring substituents is 1. The molecule has 1 aromatic rings. The van der Waals surface area contributed by atoms with Gasteiger partial charge in [-0.2, -0.15) is 0 Å². The fraction of sp³-hybridized carbons (Fsp3) is 0.500. The van der Waals surface area contributed by atoms with E-state index in [9.17, 15) is 23.3 Å². The van der Waals surface area contributed by atoms with Crippen molar-refractivity contribution in [2.75, 3.05) is 18.1 Å². The number of rotatable bonds is 4. The zero-order chi connectivity index (χ0) is 16.5. The monoisotopic (exact) mass is 326 g/mol. The maximum absolute atomic E-state index is 12.6. The van der Waals surface area contributed by atoms with E-state index in [-0.39, 0.29) is 34.7 Å². The lowest BCUT2D eigenvalue weighted by Gasteiger charge is -2.26. The van der Waals surface area contributed by atoms with Gasteiger partial charge in [0.25, 0.3) is 11.6 Å². The highest BCUT2D eigenvalue weighted by Crippen LogP contribution is 2.23. The van der Waals surface area contributed by atoms with Gasteiger partial charge in [0.2, 0.25) is 0 Å². The first-order valence-electron chi connectivity index (χ1n) is 7.01. The third-order valence-electron chi connectivity index (χ3n) is 3.90. The van der Waals surface area contributed by atoms with E-state index >= 15 is 0 Å². The summed E-state index contributed by atoms with van der Waals surface area (Å²) in [5.74, 6) is -0.330. The molecule has 0 N–H and O–H groups in total. The predicted molar refractivity (Wildman–Crippen MR) is 81.6 cm³/mol. The number of hydrogen-bond donors (Lipinski definition) is 0. The Bertz CT molecular complexity index is 714. The third-order valence-corrected chi connectivity index (χ3v) is 5.65. The lowest BCUT2D eigenvalue weighted by molar-refractivity contribution is -0.385. The number of carbonyl (C=O) groups is 1. The van der Waals surface area contributed by atoms with Crippen LogP contribution in [0.1, 0.15) is 29.3 Å². The van der Waals surface area contributed by atoms with E-state index in [0.29, 0.717) is 18.5 Å². The van der Waals surface area contributed by atoms with E-state index in [4.69, 9.17) is 0 Å². The molecule has 0 radical (unpaired) electrons. The molecular weight excluding hydrogens is 308 g/mol. The number of nitrogens with zero attached hydrogens (tertiary/aromatic N) is 2. The zero-order valence-electron chi connectivity index (χ0n) is 12.5. The Morgan fingerprint density at radius 3 is 2.64 bits per heavy atom. The van der Waals surface area contributed by atoms with Crippen molar-refractivity contribution in [1.29, 1.82) is 0 Å². The summed E-state index contributed by atoms with van der Waals surface area (Å²) >= 11 is 0. The number of benzene rings is 1. The largest absolute Gasteiger partial charge is 0.335 e. The number of carbonyl (C=O) groups excluding carboxylic acids is 1. The SMILES string of the molecule is CCN(C(=O)c1ccc(C)c([N+](=O)[O-])c1)[C@@H]1CCS(=O)(=O)C1. The van der Waals surface area contributed by atoms with Crippen LogP contribution in [0.3, 0.4) is 0 Å². The van der Waals surface area contributed by atoms with E-state index in [0.717, 1.165) is 0 Å². The van der Waals surface area contributed by atoms with Gasteiger partial charge in [-0.15, -0.1) is 0 Å². The van der Waals surface area contributed by atoms with Crippen LogP contribution in [-0.4, -0.2) is 48.2 Å². The van der Waals surface area contributed by atoms with Crippen LogP contribution >= 0.6 is 0 Å². The van der Waals surface area contributed by atoms with Gasteiger partial charge in [-0.25, -0.2) is 8.42 Å². The quantitative estimate of drug-likeness (QED) is 0.617. The first-order chi connectivity index (χ1) is 10.2. The van der Waals surface area contributed by atoms with Gasteiger partial charge in [-0.05, 0) is 26.3 Å². The smallest absolute Gasteiger partial charge is 0.273 e. The average molecular weight is 326 g/mol. The molecule has 1 aliphatic heterocycles. The van der Waals surface area contributed by atoms with Crippen LogP contribution < -0.4 is 0 Å². The zero-order valence-corrected chi connectivity index (χ0v) is 13.3. The predicted octanol–water partition coefficient (Wildman–Crippen LogP) is 1.55. The molecule has 1 aliphatic rings. The van der Waals surface area contributed by atoms with Gasteiger partial charge in [-0.3, -0.25) is 14.9 Å². The molecule has 8 heteroatoms. The minimum atomic E-state index is -3.10. The van der Waals surface area contributed by atoms with Crippen molar-refractivity contribution < 1.29 is 18.1 Å². The van der Waals surface area contributed by atoms with Gasteiger partial charge in [0.15, 0.2) is 9.84 Å². The van der Waals surface area contributed by atoms with E-state index in [1.54, 1.807) is 13.8 Å². The van der Waals surface area contributed by atoms with Gasteiger partial charge >= 0.3 is 0 Å². The Kier molecular flexibility index (Phi) is 4.50. The Labute approximate surface area is 129 Å². The van der Waals surface area contributed by atoms with Gasteiger partial charge in [0.1, 0.15) is 0 Å². The first kappa shape index (κ1) is 16.4. The second-order valence-corrected chi connectivity index (χ2v) is 7.64. The van der Waals surface area contributed by atoms with Crippen molar-refractivity contribution in [3.63, 3.8) is 0 Å². The standard InChI is InChI=1S/C14H18N2O5S/c1-3-15(12-6-7-22(20,21)9-12)14(17)11-5-4-10(2)13(8-11)16(18)19/h4-5,8,12H,3,6-7,9H2,1-2H3/t12-/m1/s1. The second-order valence-electron chi connectivity index (χ2n) is 5.41. The van der Waals surface area contributed by atoms with E-state index in [2.05, 4.69) is 0 Å². The molecule has 0 unspecified atom stereocenters. The molecule has 2 rings (SSSR count). The molecule has 0 aromatic heterocycles. The second kappa shape index (κ2) is 6.04. The molecule has 1 amide bonds. The minimum Gasteiger partial charge on any atom is -0.335 e. The summed E-state index contributed by atoms with van der Waals surface area (Å²) in [7, 11) is -3.10. The number of hydrogen-bond acceptors (Lipinski definition) is 5. The molecule has 120 valence electrons. The maximum atomic E-state index is 12.6. The van der Waals surface area contributed by atoms with Crippen molar-refractivity contribution >= 4 is 21.4 Å². The molecule has 1 heterocycles. The lowest BCUT2D eigenvalue weighted by atomic mass is 10.1. The highest BCUT2D eigenvalue weighted by Gasteiger charge is 2.34. The van der Waals surface area contributed by atoms with Crippen LogP contribution in [0.25, 0.3) is 0 Å². The van der Waals surface area contributed by atoms with Crippen LogP contribution in [-0.2, 0) is 9.84 Å². The van der Waals surface area contributed by atoms with Crippen LogP contribution in [0.4, 0.5) is 5.69 Å². The summed E-state index contributed by atoms with van der Waals surface area (Å²) in [6.07, 6.45) is 0.413. The molecule has 0 saturated carbocycles. The van der Waals surface area contributed by atoms with Crippen LogP contribution in [0, 0.1) is 17.0 Å². The summed E-state index contributed by atoms with van der Waals surface area (Å²) in [5.41, 5.74) is 0.581. The van der Waals surface area contributed by atoms with Crippen LogP contribution in [0.15, 0.2) is 18.2 Å². The molecule has 22 heavy (non-hydrogen) atoms. The fourth-order valence-electron chi connectivity index (χ4n) is 2.69. The highest BCUT2D eigenvalue weighted by molar-refractivity contribution is 7.91. The van der Waals surface area contributed by atoms with Crippen molar-refractivity contribution in [3.05, 3.63) is 39.4 Å². The number of sulfone groups is 1. The van der Waals surface area contributed by atoms with Gasteiger partial charge in [0, 0.05) is 29.8 Å². The van der Waals surface area contributed by atoms with Gasteiger partial charge in [-0.1, -0.05) is 6.07 Å². The van der Waals surface area contributed by atoms with E-state index < -0.39 is 14.8 Å². The van der Waals surface area contributed by atoms with Crippen molar-refractivity contribution in [2.24, 2.45) is 0 Å². The Balaban J connectivity index is 2.29. The summed E-state index contributed by atoms with van der Waals surface area (Å²) in [6.45, 7) is 3.74. The Hall–Kier alpha value is -1.96. The number of amides is 1. The lowest BCUT2D eigenvalue weighted by Crippen LogP contribution is -2.41. The molecule has 0 bridgehead atoms. The molecule has 1 aromatic carbocycles. The van der Waals surface area contributed by atoms with Gasteiger partial charge in [0.05, 0.1) is 16.4 Å². The fourth-order valence-corrected chi connectivity index (χ4v) is 4.42. The Morgan fingerprint density at radius 1 is 1.45 bits per heavy atom. The number of nitro groups is 1. The van der Waals surface area contributed by atoms with E-state index in [1.807, 2.05) is 0 Å². The molecule has 0 spiro atoms. The molecule has 7 nitrogen and oxygen atoms in total. The third kappa shape index (κ3) is 3.27. The maximum Gasteiger partial charge on any atom is 0.273 e.